The van der Waals surface area contributed by atoms with Crippen molar-refractivity contribution in [1.29, 1.82) is 0 Å². The van der Waals surface area contributed by atoms with E-state index in [9.17, 15) is 27.2 Å². The number of nitrogens with zero attached hydrogens (tertiary/aromatic N) is 2. The normalized spacial score (nSPS) is 17.6. The molecule has 0 saturated heterocycles. The number of carbonyl (C=O) groups is 2. The molecular weight excluding hydrogens is 851 g/mol. The van der Waals surface area contributed by atoms with E-state index < -0.39 is 23.4 Å². The number of rotatable bonds is 8. The largest absolute Gasteiger partial charge is 0.586 e. The van der Waals surface area contributed by atoms with Gasteiger partial charge in [0.1, 0.15) is 11.6 Å². The Morgan fingerprint density at radius 3 is 1.24 bits per heavy atom. The summed E-state index contributed by atoms with van der Waals surface area (Å²) in [4.78, 5) is 34.7. The molecule has 10 nitrogen and oxygen atoms in total. The predicted molar refractivity (Wildman–Crippen MR) is 223 cm³/mol. The zero-order chi connectivity index (χ0) is 43.3. The smallest absolute Gasteiger partial charge is 0.395 e. The lowest BCUT2D eigenvalue weighted by Crippen LogP contribution is -2.38. The van der Waals surface area contributed by atoms with Gasteiger partial charge < -0.3 is 29.6 Å². The van der Waals surface area contributed by atoms with Gasteiger partial charge in [-0.15, -0.1) is 17.6 Å². The summed E-state index contributed by atoms with van der Waals surface area (Å²) in [6.07, 6.45) is 0.764. The van der Waals surface area contributed by atoms with Crippen molar-refractivity contribution in [2.24, 2.45) is 0 Å². The first kappa shape index (κ1) is 41.0. The highest BCUT2D eigenvalue weighted by Crippen LogP contribution is 2.50. The van der Waals surface area contributed by atoms with E-state index in [4.69, 9.17) is 23.2 Å². The second-order valence-corrected chi connectivity index (χ2v) is 16.1. The molecule has 4 aliphatic rings. The molecule has 4 aromatic carbocycles. The molecule has 2 amide bonds. The number of alkyl halides is 4. The number of nitrogens with one attached hydrogen (secondary N) is 2. The maximum atomic E-state index is 13.3. The van der Waals surface area contributed by atoms with Crippen molar-refractivity contribution in [3.63, 3.8) is 0 Å². The second-order valence-electron chi connectivity index (χ2n) is 15.3. The zero-order valence-electron chi connectivity index (χ0n) is 32.4. The number of halogens is 6. The molecule has 0 spiro atoms. The van der Waals surface area contributed by atoms with Gasteiger partial charge in [0.2, 0.25) is 11.8 Å². The Morgan fingerprint density at radius 2 is 0.887 bits per heavy atom. The quantitative estimate of drug-likeness (QED) is 0.145. The molecule has 10 rings (SSSR count). The Labute approximate surface area is 362 Å². The van der Waals surface area contributed by atoms with E-state index in [0.29, 0.717) is 33.9 Å². The van der Waals surface area contributed by atoms with E-state index in [2.05, 4.69) is 39.5 Å². The molecule has 0 atom stereocenters. The number of aromatic nitrogens is 2. The molecule has 0 bridgehead atoms. The van der Waals surface area contributed by atoms with Crippen molar-refractivity contribution in [2.45, 2.75) is 61.9 Å². The summed E-state index contributed by atoms with van der Waals surface area (Å²) < 4.78 is 71.0. The van der Waals surface area contributed by atoms with Gasteiger partial charge in [-0.05, 0) is 73.2 Å². The average Bonchev–Trinajstić information content (AvgIpc) is 3.66. The summed E-state index contributed by atoms with van der Waals surface area (Å²) in [5.41, 5.74) is 3.04. The van der Waals surface area contributed by atoms with Gasteiger partial charge in [-0.3, -0.25) is 9.59 Å². The van der Waals surface area contributed by atoms with Gasteiger partial charge >= 0.3 is 12.6 Å². The SMILES string of the molecule is O=C(Nc1ccc(-c2cc3c(cc2Cl)OC(F)(F)O3)cn1)C1(c2ccccc2)CC1.O=C(Nc1ccc(-c2cc3c(cc2Cl)OC(F)(F)O3)cn1)C1(c2ccccc2)CCCC1. The number of carbonyl (C=O) groups excluding carboxylic acids is 2. The van der Waals surface area contributed by atoms with E-state index in [1.807, 2.05) is 60.7 Å². The molecule has 2 aliphatic carbocycles. The molecule has 2 saturated carbocycles. The van der Waals surface area contributed by atoms with Gasteiger partial charge in [0.05, 0.1) is 20.9 Å². The number of anilines is 2. The van der Waals surface area contributed by atoms with Crippen LogP contribution in [0.3, 0.4) is 0 Å². The van der Waals surface area contributed by atoms with Crippen LogP contribution in [0.2, 0.25) is 10.0 Å². The molecule has 0 unspecified atom stereocenters. The molecule has 2 fully saturated rings. The molecule has 2 N–H and O–H groups in total. The van der Waals surface area contributed by atoms with Gasteiger partial charge in [0.15, 0.2) is 23.0 Å². The molecular formula is C46H34Cl2F4N4O6. The average molecular weight is 886 g/mol. The van der Waals surface area contributed by atoms with E-state index >= 15 is 0 Å². The van der Waals surface area contributed by atoms with Gasteiger partial charge in [0, 0.05) is 46.8 Å². The maximum absolute atomic E-state index is 13.3. The lowest BCUT2D eigenvalue weighted by Gasteiger charge is -2.28. The third-order valence-corrected chi connectivity index (χ3v) is 12.0. The molecule has 6 aromatic rings. The fourth-order valence-corrected chi connectivity index (χ4v) is 8.55. The van der Waals surface area contributed by atoms with Gasteiger partial charge in [-0.25, -0.2) is 9.97 Å². The van der Waals surface area contributed by atoms with Crippen molar-refractivity contribution in [1.82, 2.24) is 9.97 Å². The first-order valence-corrected chi connectivity index (χ1v) is 20.3. The molecule has 2 aliphatic heterocycles. The van der Waals surface area contributed by atoms with Gasteiger partial charge in [0.25, 0.3) is 0 Å². The molecule has 4 heterocycles. The summed E-state index contributed by atoms with van der Waals surface area (Å²) in [6.45, 7) is 0. The third-order valence-electron chi connectivity index (χ3n) is 11.3. The lowest BCUT2D eigenvalue weighted by atomic mass is 9.78. The minimum absolute atomic E-state index is 0.0789. The Kier molecular flexibility index (Phi) is 10.5. The summed E-state index contributed by atoms with van der Waals surface area (Å²) in [6, 6.07) is 31.5. The van der Waals surface area contributed by atoms with Crippen LogP contribution in [0.25, 0.3) is 22.3 Å². The van der Waals surface area contributed by atoms with Crippen LogP contribution in [0.15, 0.2) is 122 Å². The van der Waals surface area contributed by atoms with Crippen molar-refractivity contribution >= 4 is 46.7 Å². The standard InChI is InChI=1S/C24H19ClF2N2O3.C22H15ClF2N2O3/c25-18-13-20-19(31-24(26,27)32-20)12-17(18)15-8-9-21(28-14-15)29-22(30)23(10-4-5-11-23)16-6-2-1-3-7-16;23-16-11-18-17(29-22(24,25)30-18)10-15(16)13-6-7-19(26-12-13)27-20(28)21(8-9-21)14-4-2-1-3-5-14/h1-3,6-9,12-14H,4-5,10-11H2,(H,28,29,30);1-7,10-12H,8-9H2,(H,26,27,28). The van der Waals surface area contributed by atoms with Gasteiger partial charge in [-0.1, -0.05) is 96.7 Å². The van der Waals surface area contributed by atoms with Crippen LogP contribution in [0.5, 0.6) is 23.0 Å². The number of ether oxygens (including phenoxy) is 4. The Hall–Kier alpha value is -6.38. The van der Waals surface area contributed by atoms with E-state index in [1.165, 1.54) is 36.7 Å². The Balaban J connectivity index is 0.000000158. The first-order valence-electron chi connectivity index (χ1n) is 19.6. The molecule has 62 heavy (non-hydrogen) atoms. The minimum Gasteiger partial charge on any atom is -0.395 e. The number of hydrogen-bond donors (Lipinski definition) is 2. The number of hydrogen-bond acceptors (Lipinski definition) is 8. The van der Waals surface area contributed by atoms with E-state index in [0.717, 1.165) is 49.7 Å². The summed E-state index contributed by atoms with van der Waals surface area (Å²) >= 11 is 12.5. The molecule has 316 valence electrons. The summed E-state index contributed by atoms with van der Waals surface area (Å²) in [5, 5.41) is 6.24. The van der Waals surface area contributed by atoms with Crippen LogP contribution in [0.4, 0.5) is 29.2 Å². The zero-order valence-corrected chi connectivity index (χ0v) is 33.9. The first-order chi connectivity index (χ1) is 29.7. The third kappa shape index (κ3) is 8.07. The van der Waals surface area contributed by atoms with Crippen LogP contribution in [0.1, 0.15) is 49.7 Å². The van der Waals surface area contributed by atoms with E-state index in [1.54, 1.807) is 24.3 Å². The topological polar surface area (TPSA) is 121 Å². The van der Waals surface area contributed by atoms with Crippen LogP contribution < -0.4 is 29.6 Å². The van der Waals surface area contributed by atoms with Crippen molar-refractivity contribution < 1.29 is 46.1 Å². The predicted octanol–water partition coefficient (Wildman–Crippen LogP) is 11.6. The highest BCUT2D eigenvalue weighted by molar-refractivity contribution is 6.34. The Bertz CT molecular complexity index is 2670. The second kappa shape index (κ2) is 15.8. The fourth-order valence-electron chi connectivity index (χ4n) is 8.02. The number of pyridine rings is 2. The van der Waals surface area contributed by atoms with Crippen LogP contribution >= 0.6 is 23.2 Å². The fraction of sp³-hybridized carbons (Fsp3) is 0.217. The summed E-state index contributed by atoms with van der Waals surface area (Å²) in [5.74, 6) is 0.179. The number of benzene rings is 4. The van der Waals surface area contributed by atoms with E-state index in [-0.39, 0.29) is 44.9 Å². The Morgan fingerprint density at radius 1 is 0.516 bits per heavy atom. The monoisotopic (exact) mass is 884 g/mol. The van der Waals surface area contributed by atoms with Crippen LogP contribution in [0, 0.1) is 0 Å². The van der Waals surface area contributed by atoms with Crippen molar-refractivity contribution in [3.8, 4) is 45.3 Å². The van der Waals surface area contributed by atoms with Crippen LogP contribution in [-0.4, -0.2) is 34.4 Å². The minimum atomic E-state index is -3.72. The molecule has 0 radical (unpaired) electrons. The maximum Gasteiger partial charge on any atom is 0.586 e. The molecule has 16 heteroatoms. The highest BCUT2D eigenvalue weighted by atomic mass is 35.5. The molecule has 2 aromatic heterocycles. The highest BCUT2D eigenvalue weighted by Gasteiger charge is 2.51. The van der Waals surface area contributed by atoms with Crippen LogP contribution in [-0.2, 0) is 20.4 Å². The lowest BCUT2D eigenvalue weighted by molar-refractivity contribution is -0.287. The van der Waals surface area contributed by atoms with Gasteiger partial charge in [-0.2, -0.15) is 0 Å². The van der Waals surface area contributed by atoms with Crippen molar-refractivity contribution in [3.05, 3.63) is 143 Å². The number of fused-ring (bicyclic) bond motifs is 2. The summed E-state index contributed by atoms with van der Waals surface area (Å²) in [7, 11) is 0. The number of amides is 2. The van der Waals surface area contributed by atoms with Crippen molar-refractivity contribution in [2.75, 3.05) is 10.6 Å².